The fourth-order valence-corrected chi connectivity index (χ4v) is 3.73. The molecule has 2 fully saturated rings. The van der Waals surface area contributed by atoms with Gasteiger partial charge in [0.1, 0.15) is 5.82 Å². The minimum absolute atomic E-state index is 0.0116. The third-order valence-electron chi connectivity index (χ3n) is 5.45. The van der Waals surface area contributed by atoms with Crippen LogP contribution in [0.4, 0.5) is 4.39 Å². The van der Waals surface area contributed by atoms with Crippen LogP contribution in [0.2, 0.25) is 0 Å². The maximum absolute atomic E-state index is 13.1. The van der Waals surface area contributed by atoms with Crippen LogP contribution < -0.4 is 5.32 Å². The number of ether oxygens (including phenoxy) is 1. The first-order valence-electron chi connectivity index (χ1n) is 9.82. The topological polar surface area (TPSA) is 65.1 Å². The predicted molar refractivity (Wildman–Crippen MR) is 103 cm³/mol. The normalized spacial score (nSPS) is 21.6. The molecule has 0 radical (unpaired) electrons. The second-order valence-electron chi connectivity index (χ2n) is 7.32. The van der Waals surface area contributed by atoms with E-state index in [0.29, 0.717) is 39.3 Å². The summed E-state index contributed by atoms with van der Waals surface area (Å²) in [6, 6.07) is 5.79. The molecule has 2 aliphatic heterocycles. The Bertz CT molecular complexity index is 662. The van der Waals surface area contributed by atoms with Crippen molar-refractivity contribution in [1.82, 2.24) is 20.0 Å². The highest BCUT2D eigenvalue weighted by Gasteiger charge is 2.33. The number of hydrogen-bond donors (Lipinski definition) is 1. The Kier molecular flexibility index (Phi) is 7.36. The van der Waals surface area contributed by atoms with Crippen LogP contribution in [0.3, 0.4) is 0 Å². The minimum Gasteiger partial charge on any atom is -0.383 e. The molecule has 1 atom stereocenters. The summed E-state index contributed by atoms with van der Waals surface area (Å²) in [5.41, 5.74) is 0.931. The zero-order valence-corrected chi connectivity index (χ0v) is 16.4. The molecule has 28 heavy (non-hydrogen) atoms. The maximum atomic E-state index is 13.1. The zero-order valence-electron chi connectivity index (χ0n) is 16.4. The first-order chi connectivity index (χ1) is 13.6. The van der Waals surface area contributed by atoms with Crippen LogP contribution in [-0.4, -0.2) is 92.1 Å². The quantitative estimate of drug-likeness (QED) is 0.724. The number of carbonyl (C=O) groups excluding carboxylic acids is 2. The van der Waals surface area contributed by atoms with E-state index in [2.05, 4.69) is 10.2 Å². The van der Waals surface area contributed by atoms with Crippen LogP contribution in [0.25, 0.3) is 0 Å². The van der Waals surface area contributed by atoms with E-state index in [4.69, 9.17) is 4.74 Å². The lowest BCUT2D eigenvalue weighted by Crippen LogP contribution is -2.57. The number of halogens is 1. The van der Waals surface area contributed by atoms with E-state index in [1.165, 1.54) is 12.1 Å². The summed E-state index contributed by atoms with van der Waals surface area (Å²) in [7, 11) is 1.69. The summed E-state index contributed by atoms with van der Waals surface area (Å²) in [5.74, 6) is -0.380. The first kappa shape index (κ1) is 20.7. The SMILES string of the molecule is COCCN1CCN(C(=O)CC2C(=O)NCCN2Cc2ccc(F)cc2)CC1. The molecule has 0 saturated carbocycles. The molecular formula is C20H29FN4O3. The van der Waals surface area contributed by atoms with Crippen molar-refractivity contribution in [3.05, 3.63) is 35.6 Å². The van der Waals surface area contributed by atoms with Crippen molar-refractivity contribution < 1.29 is 18.7 Å². The summed E-state index contributed by atoms with van der Waals surface area (Å²) in [5, 5.41) is 2.86. The van der Waals surface area contributed by atoms with E-state index in [0.717, 1.165) is 25.2 Å². The van der Waals surface area contributed by atoms with Gasteiger partial charge in [0.2, 0.25) is 11.8 Å². The van der Waals surface area contributed by atoms with E-state index in [1.807, 2.05) is 9.80 Å². The van der Waals surface area contributed by atoms with Crippen molar-refractivity contribution in [1.29, 1.82) is 0 Å². The largest absolute Gasteiger partial charge is 0.383 e. The Morgan fingerprint density at radius 2 is 1.89 bits per heavy atom. The highest BCUT2D eigenvalue weighted by atomic mass is 19.1. The monoisotopic (exact) mass is 392 g/mol. The molecule has 2 amide bonds. The number of nitrogens with one attached hydrogen (secondary N) is 1. The zero-order chi connectivity index (χ0) is 19.9. The molecule has 3 rings (SSSR count). The van der Waals surface area contributed by atoms with Crippen LogP contribution in [-0.2, 0) is 20.9 Å². The Labute approximate surface area is 165 Å². The molecule has 2 aliphatic rings. The minimum atomic E-state index is -0.488. The Morgan fingerprint density at radius 3 is 2.57 bits per heavy atom. The second-order valence-corrected chi connectivity index (χ2v) is 7.32. The van der Waals surface area contributed by atoms with Gasteiger partial charge in [-0.05, 0) is 17.7 Å². The lowest BCUT2D eigenvalue weighted by Gasteiger charge is -2.38. The third-order valence-corrected chi connectivity index (χ3v) is 5.45. The number of carbonyl (C=O) groups is 2. The van der Waals surface area contributed by atoms with Crippen molar-refractivity contribution in [3.8, 4) is 0 Å². The van der Waals surface area contributed by atoms with E-state index in [9.17, 15) is 14.0 Å². The van der Waals surface area contributed by atoms with Gasteiger partial charge in [0.15, 0.2) is 0 Å². The lowest BCUT2D eigenvalue weighted by atomic mass is 10.1. The van der Waals surface area contributed by atoms with Gasteiger partial charge in [-0.2, -0.15) is 0 Å². The van der Waals surface area contributed by atoms with Gasteiger partial charge in [-0.15, -0.1) is 0 Å². The number of nitrogens with zero attached hydrogens (tertiary/aromatic N) is 3. The smallest absolute Gasteiger partial charge is 0.237 e. The standard InChI is InChI=1S/C20H29FN4O3/c1-28-13-12-23-8-10-24(11-9-23)19(26)14-18-20(27)22-6-7-25(18)15-16-2-4-17(21)5-3-16/h2-5,18H,6-15H2,1H3,(H,22,27). The van der Waals surface area contributed by atoms with Crippen LogP contribution in [0, 0.1) is 5.82 Å². The van der Waals surface area contributed by atoms with Crippen LogP contribution in [0.15, 0.2) is 24.3 Å². The number of methoxy groups -OCH3 is 1. The molecule has 2 heterocycles. The van der Waals surface area contributed by atoms with Crippen LogP contribution in [0.5, 0.6) is 0 Å². The van der Waals surface area contributed by atoms with Gasteiger partial charge in [-0.25, -0.2) is 4.39 Å². The van der Waals surface area contributed by atoms with E-state index in [-0.39, 0.29) is 24.1 Å². The molecule has 0 aliphatic carbocycles. The summed E-state index contributed by atoms with van der Waals surface area (Å²) < 4.78 is 18.2. The number of hydrogen-bond acceptors (Lipinski definition) is 5. The third kappa shape index (κ3) is 5.50. The van der Waals surface area contributed by atoms with Crippen LogP contribution in [0.1, 0.15) is 12.0 Å². The van der Waals surface area contributed by atoms with Gasteiger partial charge < -0.3 is 15.0 Å². The average molecular weight is 392 g/mol. The molecular weight excluding hydrogens is 363 g/mol. The molecule has 1 aromatic rings. The molecule has 0 aromatic heterocycles. The van der Waals surface area contributed by atoms with Gasteiger partial charge in [-0.3, -0.25) is 19.4 Å². The lowest BCUT2D eigenvalue weighted by molar-refractivity contribution is -0.140. The summed E-state index contributed by atoms with van der Waals surface area (Å²) in [4.78, 5) is 31.4. The van der Waals surface area contributed by atoms with Gasteiger partial charge in [0.05, 0.1) is 19.1 Å². The molecule has 0 bridgehead atoms. The fourth-order valence-electron chi connectivity index (χ4n) is 3.73. The highest BCUT2D eigenvalue weighted by molar-refractivity contribution is 5.88. The summed E-state index contributed by atoms with van der Waals surface area (Å²) >= 11 is 0. The van der Waals surface area contributed by atoms with Crippen molar-refractivity contribution in [3.63, 3.8) is 0 Å². The van der Waals surface area contributed by atoms with E-state index >= 15 is 0 Å². The van der Waals surface area contributed by atoms with Crippen molar-refractivity contribution in [2.75, 3.05) is 59.5 Å². The van der Waals surface area contributed by atoms with Gasteiger partial charge >= 0.3 is 0 Å². The molecule has 2 saturated heterocycles. The molecule has 1 aromatic carbocycles. The first-order valence-corrected chi connectivity index (χ1v) is 9.82. The fraction of sp³-hybridized carbons (Fsp3) is 0.600. The van der Waals surface area contributed by atoms with E-state index < -0.39 is 6.04 Å². The molecule has 7 nitrogen and oxygen atoms in total. The van der Waals surface area contributed by atoms with Crippen molar-refractivity contribution in [2.45, 2.75) is 19.0 Å². The number of benzene rings is 1. The Morgan fingerprint density at radius 1 is 1.18 bits per heavy atom. The van der Waals surface area contributed by atoms with Crippen molar-refractivity contribution >= 4 is 11.8 Å². The summed E-state index contributed by atoms with van der Waals surface area (Å²) in [6.45, 7) is 6.31. The number of piperazine rings is 2. The van der Waals surface area contributed by atoms with Gasteiger partial charge in [-0.1, -0.05) is 12.1 Å². The van der Waals surface area contributed by atoms with Crippen molar-refractivity contribution in [2.24, 2.45) is 0 Å². The second kappa shape index (κ2) is 9.95. The molecule has 1 N–H and O–H groups in total. The predicted octanol–water partition coefficient (Wildman–Crippen LogP) is 0.307. The molecule has 0 spiro atoms. The molecule has 154 valence electrons. The Balaban J connectivity index is 1.56. The highest BCUT2D eigenvalue weighted by Crippen LogP contribution is 2.16. The van der Waals surface area contributed by atoms with Crippen LogP contribution >= 0.6 is 0 Å². The van der Waals surface area contributed by atoms with Gasteiger partial charge in [0, 0.05) is 59.5 Å². The Hall–Kier alpha value is -2.03. The van der Waals surface area contributed by atoms with E-state index in [1.54, 1.807) is 19.2 Å². The maximum Gasteiger partial charge on any atom is 0.237 e. The van der Waals surface area contributed by atoms with Gasteiger partial charge in [0.25, 0.3) is 0 Å². The molecule has 1 unspecified atom stereocenters. The number of rotatable bonds is 7. The molecule has 8 heteroatoms. The number of amides is 2. The average Bonchev–Trinajstić information content (AvgIpc) is 2.71. The summed E-state index contributed by atoms with van der Waals surface area (Å²) in [6.07, 6.45) is 0.172.